The lowest BCUT2D eigenvalue weighted by Crippen LogP contribution is -2.68. The fraction of sp³-hybridized carbons (Fsp3) is 0.786. The lowest BCUT2D eigenvalue weighted by molar-refractivity contribution is -0.347. The summed E-state index contributed by atoms with van der Waals surface area (Å²) in [6, 6.07) is 6.00. The number of ether oxygens (including phenoxy) is 7. The summed E-state index contributed by atoms with van der Waals surface area (Å²) in [5, 5.41) is 118. The Morgan fingerprint density at radius 2 is 1.30 bits per heavy atom. The van der Waals surface area contributed by atoms with E-state index in [0.29, 0.717) is 24.3 Å². The van der Waals surface area contributed by atoms with Crippen molar-refractivity contribution < 1.29 is 98.9 Å². The van der Waals surface area contributed by atoms with Crippen molar-refractivity contribution in [2.75, 3.05) is 19.8 Å². The second kappa shape index (κ2) is 21.1. The van der Waals surface area contributed by atoms with E-state index in [1.807, 2.05) is 0 Å². The molecule has 4 saturated carbocycles. The van der Waals surface area contributed by atoms with Crippen LogP contribution in [0.15, 0.2) is 42.0 Å². The SMILES string of the molecule is CC1(C)CC[C@]2(C(=O)O[C@@H]3OC[C@H](O)[C@H](O[C@@H]4O[C@H](CO)[C@@H](O)[C@H](O)[C@H]4O)[C@H]3OC(=O)/C=C/c3ccc(O[C@@H]4O[C@H](CO)[C@@H](O)[C@H](O)[C@H]4O)cc3)[C@H](O)C[C@]3(C)C(=CC[C@@H]4[C@@]5(C)CC[C@H](O)C(C)(C)[C@@H]5CC[C@]43C)[C@@H]2C1. The molecule has 0 aromatic heterocycles. The van der Waals surface area contributed by atoms with Crippen molar-refractivity contribution in [2.24, 2.45) is 50.2 Å². The van der Waals surface area contributed by atoms with Gasteiger partial charge in [-0.1, -0.05) is 72.2 Å². The van der Waals surface area contributed by atoms with Crippen LogP contribution in [0.25, 0.3) is 6.08 Å². The molecule has 9 rings (SSSR count). The lowest BCUT2D eigenvalue weighted by Gasteiger charge is -2.71. The highest BCUT2D eigenvalue weighted by Crippen LogP contribution is 2.76. The van der Waals surface area contributed by atoms with E-state index < -0.39 is 141 Å². The van der Waals surface area contributed by atoms with Crippen molar-refractivity contribution in [1.29, 1.82) is 0 Å². The Balaban J connectivity index is 0.993. The van der Waals surface area contributed by atoms with E-state index in [0.717, 1.165) is 43.8 Å². The summed E-state index contributed by atoms with van der Waals surface area (Å²) in [4.78, 5) is 29.4. The number of aliphatic hydroxyl groups is 11. The second-order valence-electron chi connectivity index (χ2n) is 25.4. The highest BCUT2D eigenvalue weighted by atomic mass is 16.8. The molecule has 426 valence electrons. The van der Waals surface area contributed by atoms with Crippen LogP contribution in [-0.4, -0.2) is 186 Å². The number of hydrogen-bond acceptors (Lipinski definition) is 20. The van der Waals surface area contributed by atoms with Crippen LogP contribution in [0.3, 0.4) is 0 Å². The van der Waals surface area contributed by atoms with Crippen LogP contribution in [-0.2, 0) is 38.0 Å². The summed E-state index contributed by atoms with van der Waals surface area (Å²) in [7, 11) is 0. The minimum Gasteiger partial charge on any atom is -0.462 e. The fourth-order valence-electron chi connectivity index (χ4n) is 15.7. The molecule has 3 heterocycles. The molecule has 76 heavy (non-hydrogen) atoms. The Labute approximate surface area is 443 Å². The number of carbonyl (C=O) groups excluding carboxylic acids is 2. The molecule has 11 N–H and O–H groups in total. The first-order valence-corrected chi connectivity index (χ1v) is 27.2. The van der Waals surface area contributed by atoms with E-state index in [1.54, 1.807) is 0 Å². The molecule has 20 nitrogen and oxygen atoms in total. The van der Waals surface area contributed by atoms with Gasteiger partial charge in [-0.25, -0.2) is 4.79 Å². The maximum atomic E-state index is 15.5. The maximum absolute atomic E-state index is 15.5. The molecule has 0 unspecified atom stereocenters. The Morgan fingerprint density at radius 1 is 0.671 bits per heavy atom. The number of benzene rings is 1. The van der Waals surface area contributed by atoms with E-state index in [4.69, 9.17) is 33.2 Å². The smallest absolute Gasteiger partial charge is 0.331 e. The van der Waals surface area contributed by atoms with Crippen LogP contribution >= 0.6 is 0 Å². The Kier molecular flexibility index (Phi) is 15.9. The molecular formula is C56H82O20. The van der Waals surface area contributed by atoms with Crippen LogP contribution in [0.4, 0.5) is 0 Å². The number of rotatable bonds is 11. The first kappa shape index (κ1) is 57.5. The van der Waals surface area contributed by atoms with Gasteiger partial charge in [-0.15, -0.1) is 0 Å². The van der Waals surface area contributed by atoms with Crippen molar-refractivity contribution in [1.82, 2.24) is 0 Å². The number of carbonyl (C=O) groups is 2. The first-order chi connectivity index (χ1) is 35.7. The highest BCUT2D eigenvalue weighted by molar-refractivity contribution is 5.87. The van der Waals surface area contributed by atoms with Crippen molar-refractivity contribution in [3.8, 4) is 5.75 Å². The number of allylic oxidation sites excluding steroid dienone is 2. The molecule has 0 amide bonds. The predicted molar refractivity (Wildman–Crippen MR) is 267 cm³/mol. The standard InChI is InChI=1S/C56H82O20/c1-51(2)20-21-56(30(22-51)29-13-14-35-53(5)18-17-36(60)52(3,4)34(53)16-19-54(35,6)55(29,7)23-37(56)61)50(69)76-49-46(45(31(59)26-70-49)75-48-44(68)42(66)40(64)33(25-58)73-48)74-38(62)15-10-27-8-11-28(12-9-27)71-47-43(67)41(65)39(63)32(24-57)72-47/h8-13,15,30-37,39-49,57-61,63-68H,14,16-26H2,1-7H3/b15-10+/t30-,31-,32+,33+,34-,35+,36-,37+,39+,40+,41-,42-,43+,44+,45-,46+,47+,48-,49-,53-,54+,55+,56+/m0/s1. The molecular weight excluding hydrogens is 993 g/mol. The number of hydrogen-bond donors (Lipinski definition) is 11. The van der Waals surface area contributed by atoms with Crippen LogP contribution in [0.5, 0.6) is 5.75 Å². The monoisotopic (exact) mass is 1070 g/mol. The van der Waals surface area contributed by atoms with Crippen molar-refractivity contribution in [2.45, 2.75) is 204 Å². The summed E-state index contributed by atoms with van der Waals surface area (Å²) >= 11 is 0. The number of fused-ring (bicyclic) bond motifs is 7. The van der Waals surface area contributed by atoms with Crippen LogP contribution in [0.1, 0.15) is 112 Å². The van der Waals surface area contributed by atoms with Crippen LogP contribution in [0, 0.1) is 50.2 Å². The molecule has 8 aliphatic rings. The number of esters is 2. The third-order valence-electron chi connectivity index (χ3n) is 20.5. The Morgan fingerprint density at radius 3 is 1.95 bits per heavy atom. The maximum Gasteiger partial charge on any atom is 0.331 e. The molecule has 0 spiro atoms. The lowest BCUT2D eigenvalue weighted by atomic mass is 9.33. The summed E-state index contributed by atoms with van der Waals surface area (Å²) in [6.45, 7) is 13.8. The van der Waals surface area contributed by atoms with Gasteiger partial charge in [0.2, 0.25) is 12.6 Å². The van der Waals surface area contributed by atoms with Crippen molar-refractivity contribution in [3.63, 3.8) is 0 Å². The van der Waals surface area contributed by atoms with Crippen molar-refractivity contribution >= 4 is 18.0 Å². The summed E-state index contributed by atoms with van der Waals surface area (Å²) in [6.07, 6.45) is -14.0. The molecule has 1 aromatic carbocycles. The van der Waals surface area contributed by atoms with Crippen molar-refractivity contribution in [3.05, 3.63) is 47.6 Å². The quantitative estimate of drug-likeness (QED) is 0.0847. The minimum absolute atomic E-state index is 0.0660. The summed E-state index contributed by atoms with van der Waals surface area (Å²) < 4.78 is 41.2. The molecule has 20 heteroatoms. The van der Waals surface area contributed by atoms with E-state index >= 15 is 4.79 Å². The van der Waals surface area contributed by atoms with Gasteiger partial charge in [0.15, 0.2) is 12.4 Å². The Bertz CT molecular complexity index is 2320. The van der Waals surface area contributed by atoms with Gasteiger partial charge in [0.05, 0.1) is 32.0 Å². The predicted octanol–water partition coefficient (Wildman–Crippen LogP) is 1.37. The number of aliphatic hydroxyl groups excluding tert-OH is 11. The van der Waals surface area contributed by atoms with Gasteiger partial charge in [0.1, 0.15) is 72.2 Å². The topological polar surface area (TPSA) is 321 Å². The zero-order chi connectivity index (χ0) is 55.2. The third kappa shape index (κ3) is 9.59. The van der Waals surface area contributed by atoms with Gasteiger partial charge in [0, 0.05) is 6.08 Å². The van der Waals surface area contributed by atoms with Crippen LogP contribution in [0.2, 0.25) is 0 Å². The summed E-state index contributed by atoms with van der Waals surface area (Å²) in [5.74, 6) is -1.56. The van der Waals surface area contributed by atoms with E-state index in [-0.39, 0.29) is 52.3 Å². The summed E-state index contributed by atoms with van der Waals surface area (Å²) in [5.41, 5.74) is -1.23. The van der Waals surface area contributed by atoms with E-state index in [1.165, 1.54) is 30.3 Å². The first-order valence-electron chi connectivity index (χ1n) is 27.2. The molecule has 1 aromatic rings. The molecule has 0 radical (unpaired) electrons. The van der Waals surface area contributed by atoms with E-state index in [9.17, 15) is 61.0 Å². The van der Waals surface area contributed by atoms with Gasteiger partial charge in [-0.05, 0) is 126 Å². The zero-order valence-corrected chi connectivity index (χ0v) is 44.6. The van der Waals surface area contributed by atoms with Gasteiger partial charge in [0.25, 0.3) is 0 Å². The Hall–Kier alpha value is -3.16. The molecule has 5 aliphatic carbocycles. The minimum atomic E-state index is -1.92. The van der Waals surface area contributed by atoms with Gasteiger partial charge >= 0.3 is 11.9 Å². The highest BCUT2D eigenvalue weighted by Gasteiger charge is 2.72. The molecule has 3 saturated heterocycles. The van der Waals surface area contributed by atoms with E-state index in [2.05, 4.69) is 54.5 Å². The van der Waals surface area contributed by atoms with Crippen LogP contribution < -0.4 is 4.74 Å². The van der Waals surface area contributed by atoms with Gasteiger partial charge in [-0.2, -0.15) is 0 Å². The molecule has 23 atom stereocenters. The average molecular weight is 1080 g/mol. The van der Waals surface area contributed by atoms with Gasteiger partial charge < -0.3 is 89.3 Å². The normalized spacial score (nSPS) is 47.8. The second-order valence-corrected chi connectivity index (χ2v) is 25.4. The zero-order valence-electron chi connectivity index (χ0n) is 44.6. The third-order valence-corrected chi connectivity index (χ3v) is 20.5. The molecule has 3 aliphatic heterocycles. The van der Waals surface area contributed by atoms with Gasteiger partial charge in [-0.3, -0.25) is 4.79 Å². The fourth-order valence-corrected chi connectivity index (χ4v) is 15.7. The largest absolute Gasteiger partial charge is 0.462 e. The average Bonchev–Trinajstić information content (AvgIpc) is 3.46. The molecule has 0 bridgehead atoms. The molecule has 7 fully saturated rings.